The van der Waals surface area contributed by atoms with Gasteiger partial charge >= 0.3 is 0 Å². The van der Waals surface area contributed by atoms with Gasteiger partial charge in [-0.15, -0.1) is 0 Å². The summed E-state index contributed by atoms with van der Waals surface area (Å²) in [6.45, 7) is 0.268. The topological polar surface area (TPSA) is 145 Å². The Bertz CT molecular complexity index is 697. The zero-order valence-electron chi connectivity index (χ0n) is 11.9. The van der Waals surface area contributed by atoms with Crippen LogP contribution in [-0.4, -0.2) is 50.2 Å². The first-order valence-electron chi connectivity index (χ1n) is 6.56. The predicted molar refractivity (Wildman–Crippen MR) is 78.1 cm³/mol. The monoisotopic (exact) mass is 318 g/mol. The fourth-order valence-corrected chi connectivity index (χ4v) is 1.70. The van der Waals surface area contributed by atoms with Gasteiger partial charge in [0.15, 0.2) is 17.2 Å². The molecule has 2 aromatic rings. The van der Waals surface area contributed by atoms with Crippen molar-refractivity contribution in [2.75, 3.05) is 13.1 Å². The van der Waals surface area contributed by atoms with Gasteiger partial charge in [0.25, 0.3) is 11.8 Å². The number of hydrogen-bond acceptors (Lipinski definition) is 7. The van der Waals surface area contributed by atoms with Gasteiger partial charge in [-0.3, -0.25) is 14.6 Å². The fraction of sp³-hybridized carbons (Fsp3) is 0.143. The Balaban J connectivity index is 1.82. The van der Waals surface area contributed by atoms with Crippen LogP contribution in [0.5, 0.6) is 17.2 Å². The number of nitrogens with zero attached hydrogens (tertiary/aromatic N) is 2. The first-order valence-corrected chi connectivity index (χ1v) is 6.56. The number of nitrogens with one attached hydrogen (secondary N) is 2. The molecule has 1 aromatic carbocycles. The third-order valence-electron chi connectivity index (χ3n) is 2.82. The van der Waals surface area contributed by atoms with Crippen LogP contribution in [0.3, 0.4) is 0 Å². The van der Waals surface area contributed by atoms with E-state index < -0.39 is 29.1 Å². The van der Waals surface area contributed by atoms with Gasteiger partial charge in [-0.05, 0) is 12.1 Å². The van der Waals surface area contributed by atoms with Crippen LogP contribution in [0.15, 0.2) is 30.7 Å². The summed E-state index contributed by atoms with van der Waals surface area (Å²) in [7, 11) is 0. The maximum atomic E-state index is 11.8. The van der Waals surface area contributed by atoms with E-state index in [-0.39, 0.29) is 24.3 Å². The van der Waals surface area contributed by atoms with Gasteiger partial charge in [0.2, 0.25) is 0 Å². The van der Waals surface area contributed by atoms with Crippen molar-refractivity contribution in [3.05, 3.63) is 42.0 Å². The van der Waals surface area contributed by atoms with E-state index in [0.29, 0.717) is 0 Å². The molecule has 5 N–H and O–H groups in total. The highest BCUT2D eigenvalue weighted by molar-refractivity contribution is 5.95. The first-order chi connectivity index (χ1) is 11.0. The molecule has 2 amide bonds. The van der Waals surface area contributed by atoms with Gasteiger partial charge < -0.3 is 26.0 Å². The van der Waals surface area contributed by atoms with Crippen LogP contribution >= 0.6 is 0 Å². The second kappa shape index (κ2) is 7.07. The lowest BCUT2D eigenvalue weighted by Gasteiger charge is -2.08. The van der Waals surface area contributed by atoms with Crippen LogP contribution in [0.25, 0.3) is 0 Å². The highest BCUT2D eigenvalue weighted by Gasteiger charge is 2.13. The molecule has 9 nitrogen and oxygen atoms in total. The largest absolute Gasteiger partial charge is 0.504 e. The number of carbonyl (C=O) groups excluding carboxylic acids is 2. The van der Waals surface area contributed by atoms with Crippen LogP contribution in [0.4, 0.5) is 0 Å². The number of aromatic nitrogens is 2. The third kappa shape index (κ3) is 4.06. The quantitative estimate of drug-likeness (QED) is 0.377. The molecule has 0 spiro atoms. The maximum absolute atomic E-state index is 11.8. The molecule has 0 aliphatic carbocycles. The number of phenolic OH excluding ortho intramolecular Hbond substituents is 3. The Hall–Kier alpha value is -3.36. The predicted octanol–water partition coefficient (Wildman–Crippen LogP) is -0.247. The van der Waals surface area contributed by atoms with Crippen molar-refractivity contribution in [1.82, 2.24) is 20.6 Å². The van der Waals surface area contributed by atoms with Gasteiger partial charge in [0.1, 0.15) is 5.69 Å². The molecule has 0 aliphatic heterocycles. The summed E-state index contributed by atoms with van der Waals surface area (Å²) in [5.41, 5.74) is 0.130. The summed E-state index contributed by atoms with van der Waals surface area (Å²) in [6.07, 6.45) is 4.15. The number of phenols is 3. The van der Waals surface area contributed by atoms with Crippen LogP contribution in [0, 0.1) is 0 Å². The van der Waals surface area contributed by atoms with E-state index in [0.717, 1.165) is 12.1 Å². The normalized spacial score (nSPS) is 10.1. The second-order valence-corrected chi connectivity index (χ2v) is 4.47. The van der Waals surface area contributed by atoms with Gasteiger partial charge in [-0.1, -0.05) is 0 Å². The molecule has 0 atom stereocenters. The van der Waals surface area contributed by atoms with Crippen molar-refractivity contribution in [1.29, 1.82) is 0 Å². The Morgan fingerprint density at radius 3 is 2.13 bits per heavy atom. The summed E-state index contributed by atoms with van der Waals surface area (Å²) >= 11 is 0. The smallest absolute Gasteiger partial charge is 0.271 e. The lowest BCUT2D eigenvalue weighted by molar-refractivity contribution is 0.0924. The van der Waals surface area contributed by atoms with Crippen molar-refractivity contribution in [3.63, 3.8) is 0 Å². The molecular formula is C14H14N4O5. The van der Waals surface area contributed by atoms with Gasteiger partial charge in [0.05, 0.1) is 6.20 Å². The van der Waals surface area contributed by atoms with Crippen LogP contribution in [0.1, 0.15) is 20.8 Å². The van der Waals surface area contributed by atoms with Gasteiger partial charge in [-0.25, -0.2) is 4.98 Å². The molecule has 0 saturated carbocycles. The van der Waals surface area contributed by atoms with E-state index in [1.165, 1.54) is 18.6 Å². The van der Waals surface area contributed by atoms with E-state index in [2.05, 4.69) is 20.6 Å². The van der Waals surface area contributed by atoms with Crippen LogP contribution in [-0.2, 0) is 0 Å². The molecule has 9 heteroatoms. The number of amides is 2. The summed E-state index contributed by atoms with van der Waals surface area (Å²) in [5, 5.41) is 32.9. The fourth-order valence-electron chi connectivity index (χ4n) is 1.70. The molecule has 0 fully saturated rings. The molecule has 0 radical (unpaired) electrons. The molecule has 1 aromatic heterocycles. The van der Waals surface area contributed by atoms with E-state index in [9.17, 15) is 24.9 Å². The van der Waals surface area contributed by atoms with E-state index in [1.807, 2.05) is 0 Å². The number of aromatic hydroxyl groups is 3. The lowest BCUT2D eigenvalue weighted by Crippen LogP contribution is -2.35. The van der Waals surface area contributed by atoms with Crippen molar-refractivity contribution < 1.29 is 24.9 Å². The minimum absolute atomic E-state index is 0.0296. The number of rotatable bonds is 5. The van der Waals surface area contributed by atoms with Crippen molar-refractivity contribution >= 4 is 11.8 Å². The third-order valence-corrected chi connectivity index (χ3v) is 2.82. The molecule has 0 saturated heterocycles. The average Bonchev–Trinajstić information content (AvgIpc) is 2.56. The number of carbonyl (C=O) groups is 2. The Labute approximate surface area is 130 Å². The standard InChI is InChI=1S/C14H14N4O5/c19-10-5-8(6-11(20)12(10)21)13(22)17-3-4-18-14(23)9-7-15-1-2-16-9/h1-2,5-7,19-21H,3-4H2,(H,17,22)(H,18,23). The molecule has 2 rings (SSSR count). The Morgan fingerprint density at radius 1 is 0.957 bits per heavy atom. The highest BCUT2D eigenvalue weighted by atomic mass is 16.3. The zero-order valence-corrected chi connectivity index (χ0v) is 11.9. The van der Waals surface area contributed by atoms with Crippen molar-refractivity contribution in [2.45, 2.75) is 0 Å². The molecular weight excluding hydrogens is 304 g/mol. The highest BCUT2D eigenvalue weighted by Crippen LogP contribution is 2.35. The summed E-state index contributed by atoms with van der Waals surface area (Å²) in [6, 6.07) is 2.03. The Morgan fingerprint density at radius 2 is 1.57 bits per heavy atom. The first kappa shape index (κ1) is 16.0. The van der Waals surface area contributed by atoms with Crippen molar-refractivity contribution in [2.24, 2.45) is 0 Å². The minimum Gasteiger partial charge on any atom is -0.504 e. The van der Waals surface area contributed by atoms with Crippen molar-refractivity contribution in [3.8, 4) is 17.2 Å². The Kier molecular flexibility index (Phi) is 4.92. The minimum atomic E-state index is -0.696. The van der Waals surface area contributed by atoms with Gasteiger partial charge in [0, 0.05) is 31.0 Å². The average molecular weight is 318 g/mol. The number of benzene rings is 1. The molecule has 0 aliphatic rings. The maximum Gasteiger partial charge on any atom is 0.271 e. The molecule has 1 heterocycles. The number of hydrogen-bond donors (Lipinski definition) is 5. The second-order valence-electron chi connectivity index (χ2n) is 4.47. The summed E-state index contributed by atoms with van der Waals surface area (Å²) in [4.78, 5) is 31.1. The van der Waals surface area contributed by atoms with E-state index >= 15 is 0 Å². The molecule has 0 bridgehead atoms. The van der Waals surface area contributed by atoms with Gasteiger partial charge in [-0.2, -0.15) is 0 Å². The lowest BCUT2D eigenvalue weighted by atomic mass is 10.1. The van der Waals surface area contributed by atoms with Crippen LogP contribution in [0.2, 0.25) is 0 Å². The molecule has 120 valence electrons. The van der Waals surface area contributed by atoms with E-state index in [4.69, 9.17) is 0 Å². The molecule has 0 unspecified atom stereocenters. The van der Waals surface area contributed by atoms with E-state index in [1.54, 1.807) is 0 Å². The molecule has 23 heavy (non-hydrogen) atoms. The SMILES string of the molecule is O=C(NCCNC(=O)c1cnccn1)c1cc(O)c(O)c(O)c1. The summed E-state index contributed by atoms with van der Waals surface area (Å²) < 4.78 is 0. The zero-order chi connectivity index (χ0) is 16.8. The summed E-state index contributed by atoms with van der Waals surface area (Å²) in [5.74, 6) is -2.91. The van der Waals surface area contributed by atoms with Crippen LogP contribution < -0.4 is 10.6 Å².